The number of carbonyl (C=O) groups excluding carboxylic acids is 3. The van der Waals surface area contributed by atoms with Gasteiger partial charge in [0.1, 0.15) is 6.04 Å². The second kappa shape index (κ2) is 10.1. The molecular formula is C24H29N3O3. The molecule has 0 bridgehead atoms. The molecule has 158 valence electrons. The Morgan fingerprint density at radius 1 is 1.03 bits per heavy atom. The van der Waals surface area contributed by atoms with Gasteiger partial charge in [0, 0.05) is 38.0 Å². The Kier molecular flexibility index (Phi) is 7.22. The molecule has 6 nitrogen and oxygen atoms in total. The van der Waals surface area contributed by atoms with Crippen LogP contribution in [-0.4, -0.2) is 47.8 Å². The first-order valence-electron chi connectivity index (χ1n) is 10.4. The van der Waals surface area contributed by atoms with Crippen molar-refractivity contribution >= 4 is 17.7 Å². The van der Waals surface area contributed by atoms with Gasteiger partial charge in [0.15, 0.2) is 0 Å². The molecule has 3 rings (SSSR count). The molecule has 1 aliphatic rings. The third kappa shape index (κ3) is 5.92. The van der Waals surface area contributed by atoms with E-state index in [1.807, 2.05) is 66.4 Å². The number of hydrogen-bond donors (Lipinski definition) is 2. The van der Waals surface area contributed by atoms with Crippen LogP contribution in [0.5, 0.6) is 0 Å². The molecule has 0 saturated carbocycles. The van der Waals surface area contributed by atoms with Crippen molar-refractivity contribution in [2.45, 2.75) is 45.2 Å². The topological polar surface area (TPSA) is 78.5 Å². The summed E-state index contributed by atoms with van der Waals surface area (Å²) in [4.78, 5) is 38.9. The monoisotopic (exact) mass is 407 g/mol. The van der Waals surface area contributed by atoms with E-state index in [-0.39, 0.29) is 23.8 Å². The van der Waals surface area contributed by atoms with Crippen LogP contribution in [0, 0.1) is 6.92 Å². The molecule has 2 aromatic carbocycles. The van der Waals surface area contributed by atoms with Crippen LogP contribution in [0.2, 0.25) is 0 Å². The Morgan fingerprint density at radius 3 is 2.37 bits per heavy atom. The second-order valence-corrected chi connectivity index (χ2v) is 7.89. The van der Waals surface area contributed by atoms with Gasteiger partial charge in [0.2, 0.25) is 11.8 Å². The first-order valence-corrected chi connectivity index (χ1v) is 10.4. The van der Waals surface area contributed by atoms with E-state index in [0.29, 0.717) is 37.9 Å². The van der Waals surface area contributed by atoms with Crippen molar-refractivity contribution in [2.24, 2.45) is 0 Å². The lowest BCUT2D eigenvalue weighted by molar-refractivity contribution is -0.128. The fraction of sp³-hybridized carbons (Fsp3) is 0.375. The molecule has 1 atom stereocenters. The van der Waals surface area contributed by atoms with Gasteiger partial charge in [-0.3, -0.25) is 14.4 Å². The van der Waals surface area contributed by atoms with Gasteiger partial charge in [-0.15, -0.1) is 0 Å². The molecule has 0 unspecified atom stereocenters. The predicted octanol–water partition coefficient (Wildman–Crippen LogP) is 2.46. The second-order valence-electron chi connectivity index (χ2n) is 7.89. The van der Waals surface area contributed by atoms with Crippen molar-refractivity contribution in [3.8, 4) is 0 Å². The highest BCUT2D eigenvalue weighted by atomic mass is 16.2. The summed E-state index contributed by atoms with van der Waals surface area (Å²) >= 11 is 0. The summed E-state index contributed by atoms with van der Waals surface area (Å²) in [6.07, 6.45) is 1.83. The first-order chi connectivity index (χ1) is 14.4. The maximum absolute atomic E-state index is 12.9. The van der Waals surface area contributed by atoms with E-state index in [9.17, 15) is 14.4 Å². The fourth-order valence-corrected chi connectivity index (χ4v) is 3.82. The third-order valence-electron chi connectivity index (χ3n) is 5.37. The normalized spacial score (nSPS) is 15.3. The molecule has 2 aromatic rings. The first kappa shape index (κ1) is 21.6. The number of piperidine rings is 1. The summed E-state index contributed by atoms with van der Waals surface area (Å²) in [5.74, 6) is -0.387. The Hall–Kier alpha value is -3.15. The summed E-state index contributed by atoms with van der Waals surface area (Å²) in [7, 11) is 0. The average Bonchev–Trinajstić information content (AvgIpc) is 2.73. The minimum absolute atomic E-state index is 0.00825. The van der Waals surface area contributed by atoms with Crippen LogP contribution in [0.4, 0.5) is 0 Å². The van der Waals surface area contributed by atoms with Gasteiger partial charge < -0.3 is 15.5 Å². The predicted molar refractivity (Wildman–Crippen MR) is 116 cm³/mol. The Morgan fingerprint density at radius 2 is 1.73 bits per heavy atom. The number of hydrogen-bond acceptors (Lipinski definition) is 3. The summed E-state index contributed by atoms with van der Waals surface area (Å²) in [6, 6.07) is 16.6. The Balaban J connectivity index is 1.56. The lowest BCUT2D eigenvalue weighted by Gasteiger charge is -2.33. The minimum atomic E-state index is -0.617. The van der Waals surface area contributed by atoms with Gasteiger partial charge >= 0.3 is 0 Å². The van der Waals surface area contributed by atoms with Gasteiger partial charge in [0.25, 0.3) is 5.91 Å². The highest BCUT2D eigenvalue weighted by Crippen LogP contribution is 2.15. The smallest absolute Gasteiger partial charge is 0.253 e. The van der Waals surface area contributed by atoms with Crippen molar-refractivity contribution in [3.05, 3.63) is 71.3 Å². The summed E-state index contributed by atoms with van der Waals surface area (Å²) in [5, 5.41) is 5.84. The highest BCUT2D eigenvalue weighted by molar-refractivity contribution is 5.94. The number of likely N-dealkylation sites (tertiary alicyclic amines) is 1. The van der Waals surface area contributed by atoms with Gasteiger partial charge in [-0.1, -0.05) is 48.0 Å². The van der Waals surface area contributed by atoms with Gasteiger partial charge in [-0.2, -0.15) is 0 Å². The number of benzene rings is 2. The Labute approximate surface area is 177 Å². The highest BCUT2D eigenvalue weighted by Gasteiger charge is 2.27. The molecule has 3 amide bonds. The molecule has 1 heterocycles. The maximum atomic E-state index is 12.9. The van der Waals surface area contributed by atoms with Gasteiger partial charge in [-0.25, -0.2) is 0 Å². The molecule has 6 heteroatoms. The van der Waals surface area contributed by atoms with Crippen LogP contribution < -0.4 is 10.6 Å². The van der Waals surface area contributed by atoms with Gasteiger partial charge in [-0.05, 0) is 37.5 Å². The van der Waals surface area contributed by atoms with Crippen LogP contribution >= 0.6 is 0 Å². The Bertz CT molecular complexity index is 890. The zero-order chi connectivity index (χ0) is 21.5. The average molecular weight is 408 g/mol. The van der Waals surface area contributed by atoms with Crippen LogP contribution in [-0.2, 0) is 16.0 Å². The number of nitrogens with one attached hydrogen (secondary N) is 2. The number of rotatable bonds is 6. The van der Waals surface area contributed by atoms with Crippen molar-refractivity contribution < 1.29 is 14.4 Å². The molecule has 1 aliphatic heterocycles. The fourth-order valence-electron chi connectivity index (χ4n) is 3.82. The van der Waals surface area contributed by atoms with E-state index in [2.05, 4.69) is 10.6 Å². The van der Waals surface area contributed by atoms with Crippen LogP contribution in [0.15, 0.2) is 54.6 Å². The van der Waals surface area contributed by atoms with E-state index in [4.69, 9.17) is 0 Å². The van der Waals surface area contributed by atoms with E-state index in [0.717, 1.165) is 11.1 Å². The molecule has 30 heavy (non-hydrogen) atoms. The molecular weight excluding hydrogens is 378 g/mol. The number of carbonyl (C=O) groups is 3. The van der Waals surface area contributed by atoms with Crippen molar-refractivity contribution in [2.75, 3.05) is 13.1 Å². The molecule has 0 aromatic heterocycles. The quantitative estimate of drug-likeness (QED) is 0.772. The lowest BCUT2D eigenvalue weighted by atomic mass is 10.0. The third-order valence-corrected chi connectivity index (χ3v) is 5.37. The SMILES string of the molecule is CC(=O)N[C@@H](Cc1cccc(C)c1)C(=O)NC1CCN(C(=O)c2ccccc2)CC1. The summed E-state index contributed by atoms with van der Waals surface area (Å²) in [6.45, 7) is 4.62. The van der Waals surface area contributed by atoms with Gasteiger partial charge in [0.05, 0.1) is 0 Å². The number of nitrogens with zero attached hydrogens (tertiary/aromatic N) is 1. The molecule has 1 fully saturated rings. The molecule has 0 radical (unpaired) electrons. The van der Waals surface area contributed by atoms with E-state index < -0.39 is 6.04 Å². The van der Waals surface area contributed by atoms with Crippen molar-refractivity contribution in [1.29, 1.82) is 0 Å². The molecule has 2 N–H and O–H groups in total. The van der Waals surface area contributed by atoms with Crippen molar-refractivity contribution in [3.63, 3.8) is 0 Å². The van der Waals surface area contributed by atoms with E-state index in [1.165, 1.54) is 6.92 Å². The summed E-state index contributed by atoms with van der Waals surface area (Å²) in [5.41, 5.74) is 2.81. The van der Waals surface area contributed by atoms with Crippen LogP contribution in [0.3, 0.4) is 0 Å². The zero-order valence-corrected chi connectivity index (χ0v) is 17.6. The maximum Gasteiger partial charge on any atom is 0.253 e. The molecule has 0 aliphatic carbocycles. The summed E-state index contributed by atoms with van der Waals surface area (Å²) < 4.78 is 0. The van der Waals surface area contributed by atoms with Crippen LogP contribution in [0.25, 0.3) is 0 Å². The standard InChI is InChI=1S/C24H29N3O3/c1-17-7-6-8-19(15-17)16-22(25-18(2)28)23(29)26-21-11-13-27(14-12-21)24(30)20-9-4-3-5-10-20/h3-10,15,21-22H,11-14,16H2,1-2H3,(H,25,28)(H,26,29)/t22-/m0/s1. The largest absolute Gasteiger partial charge is 0.351 e. The number of aryl methyl sites for hydroxylation is 1. The lowest BCUT2D eigenvalue weighted by Crippen LogP contribution is -2.53. The zero-order valence-electron chi connectivity index (χ0n) is 17.6. The van der Waals surface area contributed by atoms with Crippen molar-refractivity contribution in [1.82, 2.24) is 15.5 Å². The minimum Gasteiger partial charge on any atom is -0.351 e. The van der Waals surface area contributed by atoms with E-state index in [1.54, 1.807) is 0 Å². The number of amides is 3. The van der Waals surface area contributed by atoms with E-state index >= 15 is 0 Å². The molecule has 1 saturated heterocycles. The molecule has 0 spiro atoms. The van der Waals surface area contributed by atoms with Crippen LogP contribution in [0.1, 0.15) is 41.3 Å².